The highest BCUT2D eigenvalue weighted by atomic mass is 35.5. The third-order valence-corrected chi connectivity index (χ3v) is 5.37. The maximum absolute atomic E-state index is 11.7. The van der Waals surface area contributed by atoms with E-state index in [0.717, 1.165) is 10.8 Å². The van der Waals surface area contributed by atoms with Gasteiger partial charge in [-0.15, -0.1) is 0 Å². The van der Waals surface area contributed by atoms with Crippen molar-refractivity contribution in [3.05, 3.63) is 32.1 Å². The number of hydrogen-bond donors (Lipinski definition) is 4. The van der Waals surface area contributed by atoms with Crippen molar-refractivity contribution in [1.29, 1.82) is 0 Å². The second kappa shape index (κ2) is 7.20. The first kappa shape index (κ1) is 19.5. The molecule has 1 aliphatic rings. The minimum absolute atomic E-state index is 0.215. The highest BCUT2D eigenvalue weighted by Crippen LogP contribution is 2.57. The number of H-pyrrole nitrogens is 1. The van der Waals surface area contributed by atoms with Gasteiger partial charge < -0.3 is 19.4 Å². The highest BCUT2D eigenvalue weighted by molar-refractivity contribution is 7.60. The molecule has 2 rings (SSSR count). The number of nitrogens with zero attached hydrogens (tertiary/aromatic N) is 1. The number of aromatic nitrogens is 2. The number of nitrogens with one attached hydrogen (secondary N) is 1. The SMILES string of the molecule is O=c1[nH]c(=O)n([C@H]2CC[C@@H](COP(=O)(O)OP(=O)(O)O)O2)cc1Cl. The fourth-order valence-corrected chi connectivity index (χ4v) is 3.79. The monoisotopic (exact) mass is 406 g/mol. The smallest absolute Gasteiger partial charge is 0.352 e. The van der Waals surface area contributed by atoms with Crippen molar-refractivity contribution in [3.63, 3.8) is 0 Å². The van der Waals surface area contributed by atoms with Crippen LogP contribution in [0.4, 0.5) is 0 Å². The molecule has 1 unspecified atom stereocenters. The fourth-order valence-electron chi connectivity index (χ4n) is 2.02. The Bertz CT molecular complexity index is 815. The normalized spacial score (nSPS) is 24.0. The predicted octanol–water partition coefficient (Wildman–Crippen LogP) is 0.0939. The number of ether oxygens (including phenoxy) is 1. The molecule has 3 atom stereocenters. The van der Waals surface area contributed by atoms with Gasteiger partial charge in [-0.2, -0.15) is 4.31 Å². The van der Waals surface area contributed by atoms with Crippen LogP contribution in [0.25, 0.3) is 0 Å². The van der Waals surface area contributed by atoms with Gasteiger partial charge in [0.1, 0.15) is 11.3 Å². The Morgan fingerprint density at radius 1 is 1.33 bits per heavy atom. The van der Waals surface area contributed by atoms with E-state index in [-0.39, 0.29) is 5.02 Å². The Morgan fingerprint density at radius 2 is 2.00 bits per heavy atom. The van der Waals surface area contributed by atoms with Gasteiger partial charge in [0.25, 0.3) is 5.56 Å². The van der Waals surface area contributed by atoms with E-state index in [1.54, 1.807) is 0 Å². The second-order valence-corrected chi connectivity index (χ2v) is 8.01. The molecule has 1 aromatic rings. The maximum atomic E-state index is 11.7. The lowest BCUT2D eigenvalue weighted by molar-refractivity contribution is -0.0243. The molecule has 1 fully saturated rings. The van der Waals surface area contributed by atoms with Crippen LogP contribution in [-0.4, -0.2) is 36.9 Å². The van der Waals surface area contributed by atoms with Gasteiger partial charge in [-0.25, -0.2) is 13.9 Å². The zero-order valence-corrected chi connectivity index (χ0v) is 14.3. The largest absolute Gasteiger partial charge is 0.481 e. The molecule has 0 bridgehead atoms. The summed E-state index contributed by atoms with van der Waals surface area (Å²) < 4.78 is 36.4. The van der Waals surface area contributed by atoms with Crippen LogP contribution in [0, 0.1) is 0 Å². The Kier molecular flexibility index (Phi) is 5.86. The van der Waals surface area contributed by atoms with E-state index in [4.69, 9.17) is 31.0 Å². The molecule has 0 saturated carbocycles. The summed E-state index contributed by atoms with van der Waals surface area (Å²) in [7, 11) is -10.2. The second-order valence-electron chi connectivity index (χ2n) is 4.77. The van der Waals surface area contributed by atoms with Crippen LogP contribution in [0.2, 0.25) is 5.02 Å². The topological polar surface area (TPSA) is 177 Å². The number of aromatic amines is 1. The van der Waals surface area contributed by atoms with Gasteiger partial charge in [-0.3, -0.25) is 18.9 Å². The number of phosphoric acid groups is 2. The van der Waals surface area contributed by atoms with Crippen molar-refractivity contribution in [2.45, 2.75) is 25.2 Å². The molecule has 0 aromatic carbocycles. The number of phosphoric ester groups is 1. The average molecular weight is 407 g/mol. The van der Waals surface area contributed by atoms with Gasteiger partial charge in [-0.05, 0) is 12.8 Å². The highest BCUT2D eigenvalue weighted by Gasteiger charge is 2.35. The van der Waals surface area contributed by atoms with Crippen molar-refractivity contribution in [1.82, 2.24) is 9.55 Å². The number of halogens is 1. The molecule has 24 heavy (non-hydrogen) atoms. The first-order valence-corrected chi connectivity index (χ1v) is 9.78. The van der Waals surface area contributed by atoms with E-state index < -0.39 is 45.8 Å². The van der Waals surface area contributed by atoms with Gasteiger partial charge in [0, 0.05) is 6.20 Å². The average Bonchev–Trinajstić information content (AvgIpc) is 2.87. The first-order chi connectivity index (χ1) is 11.0. The summed E-state index contributed by atoms with van der Waals surface area (Å²) in [6.07, 6.45) is 0.189. The third-order valence-electron chi connectivity index (χ3n) is 2.95. The summed E-state index contributed by atoms with van der Waals surface area (Å²) in [6, 6.07) is 0. The molecule has 2 heterocycles. The molecule has 0 radical (unpaired) electrons. The summed E-state index contributed by atoms with van der Waals surface area (Å²) in [5.74, 6) is 0. The Morgan fingerprint density at radius 3 is 2.62 bits per heavy atom. The quantitative estimate of drug-likeness (QED) is 0.473. The van der Waals surface area contributed by atoms with Gasteiger partial charge >= 0.3 is 21.3 Å². The van der Waals surface area contributed by atoms with Gasteiger partial charge in [0.15, 0.2) is 0 Å². The lowest BCUT2D eigenvalue weighted by Crippen LogP contribution is -2.32. The minimum atomic E-state index is -5.20. The Labute approximate surface area is 138 Å². The standard InChI is InChI=1S/C9H13ClN2O10P2/c10-6-3-12(9(14)11-8(6)13)7-2-1-5(21-7)4-20-24(18,19)22-23(15,16)17/h3,5,7H,1-2,4H2,(H,18,19)(H,11,13,14)(H2,15,16,17)/t5-,7+/m0/s1. The van der Waals surface area contributed by atoms with Crippen LogP contribution < -0.4 is 11.2 Å². The van der Waals surface area contributed by atoms with E-state index in [1.165, 1.54) is 0 Å². The molecule has 0 spiro atoms. The number of rotatable bonds is 6. The Balaban J connectivity index is 1.98. The molecule has 0 aliphatic carbocycles. The van der Waals surface area contributed by atoms with Crippen molar-refractivity contribution < 1.29 is 37.4 Å². The molecule has 12 nitrogen and oxygen atoms in total. The molecule has 1 aliphatic heterocycles. The van der Waals surface area contributed by atoms with Crippen LogP contribution in [-0.2, 0) is 22.7 Å². The van der Waals surface area contributed by atoms with Gasteiger partial charge in [0.05, 0.1) is 12.7 Å². The molecular weight excluding hydrogens is 394 g/mol. The summed E-state index contributed by atoms with van der Waals surface area (Å²) in [5.41, 5.74) is -1.49. The predicted molar refractivity (Wildman–Crippen MR) is 78.4 cm³/mol. The summed E-state index contributed by atoms with van der Waals surface area (Å²) in [5, 5.41) is -0.215. The molecule has 15 heteroatoms. The van der Waals surface area contributed by atoms with Crippen molar-refractivity contribution in [2.24, 2.45) is 0 Å². The van der Waals surface area contributed by atoms with Gasteiger partial charge in [0.2, 0.25) is 0 Å². The summed E-state index contributed by atoms with van der Waals surface area (Å²) in [4.78, 5) is 51.0. The van der Waals surface area contributed by atoms with Crippen LogP contribution >= 0.6 is 27.2 Å². The summed E-state index contributed by atoms with van der Waals surface area (Å²) in [6.45, 7) is -0.504. The van der Waals surface area contributed by atoms with Crippen molar-refractivity contribution >= 4 is 27.2 Å². The van der Waals surface area contributed by atoms with Crippen molar-refractivity contribution in [2.75, 3.05) is 6.61 Å². The van der Waals surface area contributed by atoms with Gasteiger partial charge in [-0.1, -0.05) is 11.6 Å². The maximum Gasteiger partial charge on any atom is 0.481 e. The lowest BCUT2D eigenvalue weighted by atomic mass is 10.2. The van der Waals surface area contributed by atoms with E-state index in [2.05, 4.69) is 8.83 Å². The van der Waals surface area contributed by atoms with Crippen LogP contribution in [0.15, 0.2) is 15.8 Å². The molecule has 1 aromatic heterocycles. The molecule has 1 saturated heterocycles. The molecule has 136 valence electrons. The van der Waals surface area contributed by atoms with Crippen LogP contribution in [0.1, 0.15) is 19.1 Å². The van der Waals surface area contributed by atoms with Crippen LogP contribution in [0.5, 0.6) is 0 Å². The Hall–Kier alpha value is -0.810. The molecular formula is C9H13ClN2O10P2. The zero-order chi connectivity index (χ0) is 18.1. The van der Waals surface area contributed by atoms with Crippen molar-refractivity contribution in [3.8, 4) is 0 Å². The van der Waals surface area contributed by atoms with E-state index in [9.17, 15) is 18.7 Å². The van der Waals surface area contributed by atoms with E-state index in [1.807, 2.05) is 4.98 Å². The van der Waals surface area contributed by atoms with E-state index >= 15 is 0 Å². The van der Waals surface area contributed by atoms with Crippen LogP contribution in [0.3, 0.4) is 0 Å². The first-order valence-electron chi connectivity index (χ1n) is 6.37. The molecule has 4 N–H and O–H groups in total. The minimum Gasteiger partial charge on any atom is -0.352 e. The van der Waals surface area contributed by atoms with E-state index in [0.29, 0.717) is 12.8 Å². The molecule has 0 amide bonds. The fraction of sp³-hybridized carbons (Fsp3) is 0.556. The summed E-state index contributed by atoms with van der Waals surface area (Å²) >= 11 is 5.64. The number of hydrogen-bond acceptors (Lipinski definition) is 7. The third kappa shape index (κ3) is 5.35. The zero-order valence-electron chi connectivity index (χ0n) is 11.8. The lowest BCUT2D eigenvalue weighted by Gasteiger charge is -2.17.